The molecule has 0 aromatic carbocycles. The molecule has 0 aromatic heterocycles. The second kappa shape index (κ2) is 2.48. The molecule has 2 saturated heterocycles. The molecule has 0 saturated carbocycles. The van der Waals surface area contributed by atoms with Gasteiger partial charge in [-0.25, -0.2) is 0 Å². The Balaban J connectivity index is 2.25. The summed E-state index contributed by atoms with van der Waals surface area (Å²) in [4.78, 5) is 10.2. The zero-order valence-electron chi connectivity index (χ0n) is 8.94. The average molecular weight is 224 g/mol. The van der Waals surface area contributed by atoms with E-state index in [0.717, 1.165) is 0 Å². The molecule has 0 aromatic rings. The number of rotatable bonds is 0. The van der Waals surface area contributed by atoms with Crippen molar-refractivity contribution in [3.05, 3.63) is 0 Å². The molecular formula is C8H17O5P. The van der Waals surface area contributed by atoms with Gasteiger partial charge in [-0.1, -0.05) is 0 Å². The zero-order chi connectivity index (χ0) is 10.7. The predicted octanol–water partition coefficient (Wildman–Crippen LogP) is 1.76. The minimum atomic E-state index is -4.21. The van der Waals surface area contributed by atoms with E-state index in [2.05, 4.69) is 0 Å². The van der Waals surface area contributed by atoms with E-state index < -0.39 is 18.9 Å². The Bertz CT molecular complexity index is 249. The summed E-state index contributed by atoms with van der Waals surface area (Å²) in [5.74, 6) is 0. The Labute approximate surface area is 83.6 Å². The topological polar surface area (TPSA) is 57.2 Å². The van der Waals surface area contributed by atoms with Crippen molar-refractivity contribution < 1.29 is 23.0 Å². The molecule has 2 rings (SSSR count). The van der Waals surface area contributed by atoms with Gasteiger partial charge in [0.15, 0.2) is 0 Å². The molecule has 1 spiro atoms. The molecule has 0 radical (unpaired) electrons. The molecule has 0 atom stereocenters. The van der Waals surface area contributed by atoms with Crippen LogP contribution in [0.1, 0.15) is 27.7 Å². The average Bonchev–Trinajstić information content (AvgIpc) is 2.32. The zero-order valence-corrected chi connectivity index (χ0v) is 9.84. The Morgan fingerprint density at radius 1 is 0.929 bits per heavy atom. The van der Waals surface area contributed by atoms with Crippen LogP contribution in [0.5, 0.6) is 0 Å². The third-order valence-corrected chi connectivity index (χ3v) is 4.78. The van der Waals surface area contributed by atoms with E-state index in [1.807, 2.05) is 27.7 Å². The minimum absolute atomic E-state index is 0.275. The van der Waals surface area contributed by atoms with E-state index in [-0.39, 0.29) is 13.2 Å². The molecule has 0 aliphatic carbocycles. The standard InChI is InChI=1S/C8H17O5P/c1-7(2)5-10-14(9,12-7)11-6-8(3,4)13-14/h9H,5-6H2,1-4H3. The monoisotopic (exact) mass is 224 g/mol. The van der Waals surface area contributed by atoms with Gasteiger partial charge >= 0.3 is 82.8 Å². The molecule has 84 valence electrons. The van der Waals surface area contributed by atoms with Gasteiger partial charge in [-0.05, 0) is 0 Å². The van der Waals surface area contributed by atoms with Crippen LogP contribution in [0.25, 0.3) is 0 Å². The van der Waals surface area contributed by atoms with Crippen LogP contribution >= 0.6 is 7.74 Å². The van der Waals surface area contributed by atoms with Crippen molar-refractivity contribution >= 4 is 7.74 Å². The second-order valence-electron chi connectivity index (χ2n) is 5.02. The number of hydrogen-bond donors (Lipinski definition) is 1. The molecule has 0 bridgehead atoms. The van der Waals surface area contributed by atoms with Crippen LogP contribution in [0.4, 0.5) is 0 Å². The van der Waals surface area contributed by atoms with Gasteiger partial charge in [-0.15, -0.1) is 0 Å². The van der Waals surface area contributed by atoms with E-state index >= 15 is 0 Å². The number of hydrogen-bond acceptors (Lipinski definition) is 5. The summed E-state index contributed by atoms with van der Waals surface area (Å²) >= 11 is 0. The first-order valence-electron chi connectivity index (χ1n) is 4.62. The molecule has 0 unspecified atom stereocenters. The molecule has 2 aliphatic heterocycles. The van der Waals surface area contributed by atoms with E-state index in [4.69, 9.17) is 18.1 Å². The first kappa shape index (κ1) is 10.7. The quantitative estimate of drug-likeness (QED) is 0.635. The Hall–Kier alpha value is 0.230. The van der Waals surface area contributed by atoms with Crippen LogP contribution < -0.4 is 0 Å². The van der Waals surface area contributed by atoms with Gasteiger partial charge in [-0.2, -0.15) is 0 Å². The summed E-state index contributed by atoms with van der Waals surface area (Å²) in [5, 5.41) is 0. The summed E-state index contributed by atoms with van der Waals surface area (Å²) in [6.45, 7) is 7.84. The summed E-state index contributed by atoms with van der Waals surface area (Å²) < 4.78 is 21.4. The molecule has 2 heterocycles. The summed E-state index contributed by atoms with van der Waals surface area (Å²) in [6.07, 6.45) is 0. The van der Waals surface area contributed by atoms with Gasteiger partial charge in [0.05, 0.1) is 0 Å². The molecule has 1 N–H and O–H groups in total. The van der Waals surface area contributed by atoms with Crippen molar-refractivity contribution in [2.75, 3.05) is 13.2 Å². The summed E-state index contributed by atoms with van der Waals surface area (Å²) in [7, 11) is -4.21. The van der Waals surface area contributed by atoms with Gasteiger partial charge in [0.25, 0.3) is 0 Å². The van der Waals surface area contributed by atoms with Crippen molar-refractivity contribution in [2.45, 2.75) is 38.9 Å². The Morgan fingerprint density at radius 2 is 1.29 bits per heavy atom. The van der Waals surface area contributed by atoms with Crippen LogP contribution in [-0.4, -0.2) is 29.3 Å². The van der Waals surface area contributed by atoms with E-state index in [1.54, 1.807) is 0 Å². The van der Waals surface area contributed by atoms with Gasteiger partial charge in [-0.3, -0.25) is 0 Å². The second-order valence-corrected chi connectivity index (χ2v) is 7.45. The fourth-order valence-electron chi connectivity index (χ4n) is 1.57. The molecular weight excluding hydrogens is 207 g/mol. The van der Waals surface area contributed by atoms with Crippen molar-refractivity contribution in [2.24, 2.45) is 0 Å². The SMILES string of the molecule is CC1(C)COP2(O)(OCC(C)(C)O2)O1. The van der Waals surface area contributed by atoms with Crippen LogP contribution in [0.2, 0.25) is 0 Å². The van der Waals surface area contributed by atoms with E-state index in [9.17, 15) is 4.89 Å². The predicted molar refractivity (Wildman–Crippen MR) is 51.4 cm³/mol. The van der Waals surface area contributed by atoms with Gasteiger partial charge in [0.1, 0.15) is 0 Å². The van der Waals surface area contributed by atoms with Crippen LogP contribution in [0.3, 0.4) is 0 Å². The maximum atomic E-state index is 10.2. The van der Waals surface area contributed by atoms with E-state index in [1.165, 1.54) is 0 Å². The van der Waals surface area contributed by atoms with Gasteiger partial charge in [0.2, 0.25) is 0 Å². The molecule has 6 heteroatoms. The fraction of sp³-hybridized carbons (Fsp3) is 1.00. The van der Waals surface area contributed by atoms with Gasteiger partial charge < -0.3 is 0 Å². The Kier molecular flexibility index (Phi) is 1.90. The fourth-order valence-corrected chi connectivity index (χ4v) is 4.70. The molecule has 2 fully saturated rings. The van der Waals surface area contributed by atoms with Crippen LogP contribution in [0.15, 0.2) is 0 Å². The van der Waals surface area contributed by atoms with Crippen LogP contribution in [-0.2, 0) is 18.1 Å². The van der Waals surface area contributed by atoms with Crippen LogP contribution in [0, 0.1) is 0 Å². The van der Waals surface area contributed by atoms with Gasteiger partial charge in [0, 0.05) is 0 Å². The summed E-state index contributed by atoms with van der Waals surface area (Å²) in [6, 6.07) is 0. The first-order valence-corrected chi connectivity index (χ1v) is 6.48. The van der Waals surface area contributed by atoms with E-state index in [0.29, 0.717) is 0 Å². The molecule has 14 heavy (non-hydrogen) atoms. The molecule has 2 aliphatic rings. The van der Waals surface area contributed by atoms with Crippen molar-refractivity contribution in [1.82, 2.24) is 0 Å². The maximum absolute atomic E-state index is 10.2. The Morgan fingerprint density at radius 3 is 1.50 bits per heavy atom. The molecule has 0 amide bonds. The normalized spacial score (nSPS) is 39.4. The van der Waals surface area contributed by atoms with Crippen molar-refractivity contribution in [3.63, 3.8) is 0 Å². The summed E-state index contributed by atoms with van der Waals surface area (Å²) in [5.41, 5.74) is -1.13. The first-order chi connectivity index (χ1) is 6.13. The molecule has 5 nitrogen and oxygen atoms in total. The van der Waals surface area contributed by atoms with Crippen molar-refractivity contribution in [3.8, 4) is 0 Å². The third-order valence-electron chi connectivity index (χ3n) is 2.06. The van der Waals surface area contributed by atoms with Crippen molar-refractivity contribution in [1.29, 1.82) is 0 Å². The third kappa shape index (κ3) is 1.69.